The summed E-state index contributed by atoms with van der Waals surface area (Å²) in [6.45, 7) is 1.15. The number of carbonyl (C=O) groups excluding carboxylic acids is 1. The highest BCUT2D eigenvalue weighted by atomic mass is 32.2. The van der Waals surface area contributed by atoms with Crippen molar-refractivity contribution in [3.63, 3.8) is 0 Å². The second-order valence-electron chi connectivity index (χ2n) is 6.13. The third kappa shape index (κ3) is 3.82. The van der Waals surface area contributed by atoms with E-state index >= 15 is 0 Å². The Hall–Kier alpha value is -2.81. The van der Waals surface area contributed by atoms with Crippen molar-refractivity contribution in [3.8, 4) is 5.75 Å². The molecule has 3 aromatic rings. The summed E-state index contributed by atoms with van der Waals surface area (Å²) < 4.78 is 12.2. The van der Waals surface area contributed by atoms with Crippen molar-refractivity contribution in [2.75, 3.05) is 24.3 Å². The summed E-state index contributed by atoms with van der Waals surface area (Å²) in [5, 5.41) is 12.3. The first-order valence-corrected chi connectivity index (χ1v) is 9.62. The highest BCUT2D eigenvalue weighted by Crippen LogP contribution is 2.31. The number of tetrazole rings is 1. The molecule has 1 amide bonds. The van der Waals surface area contributed by atoms with Crippen LogP contribution in [0.15, 0.2) is 46.2 Å². The maximum Gasteiger partial charge on any atom is 0.237 e. The van der Waals surface area contributed by atoms with Crippen LogP contribution in [0.5, 0.6) is 5.75 Å². The first-order valence-electron chi connectivity index (χ1n) is 8.63. The molecule has 0 saturated heterocycles. The van der Waals surface area contributed by atoms with Gasteiger partial charge in [-0.3, -0.25) is 4.79 Å². The Morgan fingerprint density at radius 1 is 1.37 bits per heavy atom. The molecule has 27 heavy (non-hydrogen) atoms. The molecule has 2 aromatic heterocycles. The number of furan rings is 1. The van der Waals surface area contributed by atoms with Crippen molar-refractivity contribution >= 4 is 23.4 Å². The van der Waals surface area contributed by atoms with Gasteiger partial charge in [0.15, 0.2) is 0 Å². The number of anilines is 1. The van der Waals surface area contributed by atoms with Crippen LogP contribution < -0.4 is 9.64 Å². The van der Waals surface area contributed by atoms with Gasteiger partial charge < -0.3 is 14.1 Å². The molecular weight excluding hydrogens is 366 g/mol. The number of rotatable bonds is 6. The van der Waals surface area contributed by atoms with Gasteiger partial charge in [-0.1, -0.05) is 11.8 Å². The number of amides is 1. The van der Waals surface area contributed by atoms with Crippen LogP contribution in [0.25, 0.3) is 0 Å². The summed E-state index contributed by atoms with van der Waals surface area (Å²) in [7, 11) is 1.65. The molecular formula is C18H19N5O3S. The van der Waals surface area contributed by atoms with Crippen LogP contribution in [-0.2, 0) is 17.8 Å². The molecule has 0 unspecified atom stereocenters. The summed E-state index contributed by atoms with van der Waals surface area (Å²) in [6.07, 6.45) is 3.50. The highest BCUT2D eigenvalue weighted by molar-refractivity contribution is 7.99. The number of ether oxygens (including phenoxy) is 1. The first-order chi connectivity index (χ1) is 13.2. The fourth-order valence-electron chi connectivity index (χ4n) is 3.11. The number of fused-ring (bicyclic) bond motifs is 1. The number of hydrogen-bond donors (Lipinski definition) is 0. The van der Waals surface area contributed by atoms with Crippen LogP contribution in [-0.4, -0.2) is 45.5 Å². The van der Waals surface area contributed by atoms with E-state index in [9.17, 15) is 4.79 Å². The van der Waals surface area contributed by atoms with Crippen molar-refractivity contribution < 1.29 is 13.9 Å². The summed E-state index contributed by atoms with van der Waals surface area (Å²) in [5.41, 5.74) is 2.10. The topological polar surface area (TPSA) is 86.3 Å². The van der Waals surface area contributed by atoms with Gasteiger partial charge in [-0.25, -0.2) is 4.68 Å². The predicted molar refractivity (Wildman–Crippen MR) is 100 cm³/mol. The van der Waals surface area contributed by atoms with Gasteiger partial charge in [0.05, 0.1) is 19.1 Å². The molecule has 1 aromatic carbocycles. The Morgan fingerprint density at radius 2 is 2.30 bits per heavy atom. The van der Waals surface area contributed by atoms with Crippen molar-refractivity contribution in [1.82, 2.24) is 20.2 Å². The van der Waals surface area contributed by atoms with Gasteiger partial charge in [-0.05, 0) is 59.2 Å². The molecule has 0 atom stereocenters. The molecule has 0 aliphatic carbocycles. The minimum atomic E-state index is 0.0404. The zero-order valence-corrected chi connectivity index (χ0v) is 15.7. The second kappa shape index (κ2) is 7.83. The van der Waals surface area contributed by atoms with E-state index in [4.69, 9.17) is 9.15 Å². The molecule has 0 fully saturated rings. The summed E-state index contributed by atoms with van der Waals surface area (Å²) in [4.78, 5) is 14.7. The van der Waals surface area contributed by atoms with Crippen molar-refractivity contribution in [1.29, 1.82) is 0 Å². The second-order valence-corrected chi connectivity index (χ2v) is 7.07. The van der Waals surface area contributed by atoms with Gasteiger partial charge in [0, 0.05) is 12.2 Å². The fraction of sp³-hybridized carbons (Fsp3) is 0.333. The zero-order valence-electron chi connectivity index (χ0n) is 14.9. The number of aromatic nitrogens is 4. The monoisotopic (exact) mass is 385 g/mol. The maximum atomic E-state index is 12.8. The number of methoxy groups -OCH3 is 1. The van der Waals surface area contributed by atoms with E-state index in [2.05, 4.69) is 15.5 Å². The van der Waals surface area contributed by atoms with E-state index in [1.807, 2.05) is 35.2 Å². The first kappa shape index (κ1) is 17.6. The minimum absolute atomic E-state index is 0.0404. The lowest BCUT2D eigenvalue weighted by Gasteiger charge is -2.29. The van der Waals surface area contributed by atoms with Crippen LogP contribution in [0.3, 0.4) is 0 Å². The third-order valence-corrected chi connectivity index (χ3v) is 5.36. The fourth-order valence-corrected chi connectivity index (χ4v) is 3.87. The maximum absolute atomic E-state index is 12.8. The van der Waals surface area contributed by atoms with E-state index in [1.165, 1.54) is 11.8 Å². The van der Waals surface area contributed by atoms with Gasteiger partial charge in [0.25, 0.3) is 0 Å². The average molecular weight is 385 g/mol. The third-order valence-electron chi connectivity index (χ3n) is 4.42. The van der Waals surface area contributed by atoms with E-state index in [0.29, 0.717) is 11.7 Å². The molecule has 3 heterocycles. The lowest BCUT2D eigenvalue weighted by Crippen LogP contribution is -2.36. The molecule has 0 saturated carbocycles. The Bertz CT molecular complexity index is 925. The largest absolute Gasteiger partial charge is 0.497 e. The number of benzene rings is 1. The summed E-state index contributed by atoms with van der Waals surface area (Å²) in [6, 6.07) is 9.53. The summed E-state index contributed by atoms with van der Waals surface area (Å²) in [5.74, 6) is 1.88. The Kier molecular flexibility index (Phi) is 5.10. The lowest BCUT2D eigenvalue weighted by atomic mass is 10.0. The molecule has 140 valence electrons. The number of thioether (sulfide) groups is 1. The molecule has 9 heteroatoms. The minimum Gasteiger partial charge on any atom is -0.497 e. The number of hydrogen-bond acceptors (Lipinski definition) is 7. The molecule has 1 aliphatic heterocycles. The highest BCUT2D eigenvalue weighted by Gasteiger charge is 2.23. The van der Waals surface area contributed by atoms with Gasteiger partial charge in [0.1, 0.15) is 18.1 Å². The number of aryl methyl sites for hydroxylation is 1. The standard InChI is InChI=1S/C18H19N5O3S/c1-25-14-6-7-16-13(10-14)4-2-8-22(16)17(24)12-27-18-19-20-21-23(18)11-15-5-3-9-26-15/h3,5-7,9-10H,2,4,8,11-12H2,1H3. The Morgan fingerprint density at radius 3 is 3.11 bits per heavy atom. The predicted octanol–water partition coefficient (Wildman–Crippen LogP) is 2.39. The van der Waals surface area contributed by atoms with Crippen LogP contribution in [0.2, 0.25) is 0 Å². The quantitative estimate of drug-likeness (QED) is 0.602. The van der Waals surface area contributed by atoms with E-state index in [0.717, 1.165) is 42.1 Å². The van der Waals surface area contributed by atoms with Gasteiger partial charge >= 0.3 is 0 Å². The Labute approximate surface area is 160 Å². The smallest absolute Gasteiger partial charge is 0.237 e. The summed E-state index contributed by atoms with van der Waals surface area (Å²) >= 11 is 1.33. The molecule has 4 rings (SSSR count). The molecule has 0 bridgehead atoms. The molecule has 0 N–H and O–H groups in total. The van der Waals surface area contributed by atoms with Crippen LogP contribution in [0.4, 0.5) is 5.69 Å². The van der Waals surface area contributed by atoms with Crippen LogP contribution >= 0.6 is 11.8 Å². The van der Waals surface area contributed by atoms with Crippen LogP contribution in [0.1, 0.15) is 17.7 Å². The van der Waals surface area contributed by atoms with E-state index in [-0.39, 0.29) is 11.7 Å². The Balaban J connectivity index is 1.43. The van der Waals surface area contributed by atoms with E-state index in [1.54, 1.807) is 18.1 Å². The molecule has 1 aliphatic rings. The van der Waals surface area contributed by atoms with Crippen molar-refractivity contribution in [3.05, 3.63) is 47.9 Å². The normalized spacial score (nSPS) is 13.4. The van der Waals surface area contributed by atoms with Crippen molar-refractivity contribution in [2.45, 2.75) is 24.5 Å². The number of nitrogens with zero attached hydrogens (tertiary/aromatic N) is 5. The molecule has 0 radical (unpaired) electrons. The zero-order chi connectivity index (χ0) is 18.6. The van der Waals surface area contributed by atoms with Crippen LogP contribution in [0, 0.1) is 0 Å². The van der Waals surface area contributed by atoms with Crippen molar-refractivity contribution in [2.24, 2.45) is 0 Å². The average Bonchev–Trinajstić information content (AvgIpc) is 3.37. The van der Waals surface area contributed by atoms with Gasteiger partial charge in [-0.15, -0.1) is 5.10 Å². The molecule has 8 nitrogen and oxygen atoms in total. The lowest BCUT2D eigenvalue weighted by molar-refractivity contribution is -0.116. The SMILES string of the molecule is COc1ccc2c(c1)CCCN2C(=O)CSc1nnnn1Cc1ccco1. The molecule has 0 spiro atoms. The number of carbonyl (C=O) groups is 1. The van der Waals surface area contributed by atoms with Gasteiger partial charge in [-0.2, -0.15) is 0 Å². The van der Waals surface area contributed by atoms with E-state index < -0.39 is 0 Å². The van der Waals surface area contributed by atoms with Gasteiger partial charge in [0.2, 0.25) is 11.1 Å².